The van der Waals surface area contributed by atoms with Crippen molar-refractivity contribution in [1.82, 2.24) is 14.6 Å². The zero-order chi connectivity index (χ0) is 47.4. The lowest BCUT2D eigenvalue weighted by Gasteiger charge is -2.34. The molecular formula is C41H51F4N3O9S. The number of nitrogens with one attached hydrogen (secondary N) is 1. The van der Waals surface area contributed by atoms with E-state index in [0.29, 0.717) is 31.1 Å². The minimum absolute atomic E-state index is 0.102. The molecule has 318 valence electrons. The summed E-state index contributed by atoms with van der Waals surface area (Å²) < 4.78 is 148. The number of Topliss-reactive ketones (excluding diaryl/α,β-unsaturated/α-hetero) is 1. The van der Waals surface area contributed by atoms with Gasteiger partial charge < -0.3 is 19.1 Å². The Bertz CT molecular complexity index is 2260. The molecule has 2 aliphatic carbocycles. The van der Waals surface area contributed by atoms with Crippen LogP contribution >= 0.6 is 0 Å². The van der Waals surface area contributed by atoms with Crippen molar-refractivity contribution in [1.29, 1.82) is 0 Å². The van der Waals surface area contributed by atoms with Crippen LogP contribution in [0, 0.1) is 34.9 Å². The van der Waals surface area contributed by atoms with Gasteiger partial charge in [-0.05, 0) is 88.2 Å². The van der Waals surface area contributed by atoms with Crippen LogP contribution in [-0.2, 0) is 33.9 Å². The molecule has 0 radical (unpaired) electrons. The third-order valence-corrected chi connectivity index (χ3v) is 13.6. The molecule has 0 spiro atoms. The van der Waals surface area contributed by atoms with Gasteiger partial charge in [-0.1, -0.05) is 32.4 Å². The Morgan fingerprint density at radius 1 is 1.12 bits per heavy atom. The normalized spacial score (nSPS) is 31.1. The number of nitrogens with zero attached hydrogens (tertiary/aromatic N) is 2. The van der Waals surface area contributed by atoms with Gasteiger partial charge in [-0.3, -0.25) is 23.9 Å². The number of hydrogen-bond donors (Lipinski definition) is 1. The molecular weight excluding hydrogens is 787 g/mol. The van der Waals surface area contributed by atoms with Gasteiger partial charge in [0.2, 0.25) is 33.3 Å². The van der Waals surface area contributed by atoms with Crippen molar-refractivity contribution >= 4 is 44.4 Å². The van der Waals surface area contributed by atoms with Crippen LogP contribution in [0.2, 0.25) is 0 Å². The molecule has 4 aliphatic rings. The number of rotatable bonds is 10. The second-order valence-corrected chi connectivity index (χ2v) is 18.0. The number of ketones is 1. The van der Waals surface area contributed by atoms with Crippen LogP contribution in [0.1, 0.15) is 100.0 Å². The Hall–Kier alpha value is -4.28. The average molecular weight is 844 g/mol. The second-order valence-electron chi connectivity index (χ2n) is 16.1. The maximum Gasteiger partial charge on any atom is 0.427 e. The van der Waals surface area contributed by atoms with Gasteiger partial charge in [-0.25, -0.2) is 17.8 Å². The molecule has 6 rings (SSSR count). The smallest absolute Gasteiger partial charge is 0.427 e. The first-order valence-electron chi connectivity index (χ1n) is 22.3. The van der Waals surface area contributed by atoms with Crippen molar-refractivity contribution in [2.24, 2.45) is 29.1 Å². The number of sulfonamides is 1. The zero-order valence-electron chi connectivity index (χ0n) is 38.3. The highest BCUT2D eigenvalue weighted by atomic mass is 32.2. The minimum Gasteiger partial charge on any atom is -0.494 e. The summed E-state index contributed by atoms with van der Waals surface area (Å²) in [6, 6.07) is 2.31. The fraction of sp³-hybridized carbons (Fsp3) is 0.634. The molecule has 58 heavy (non-hydrogen) atoms. The monoisotopic (exact) mass is 843 g/mol. The Balaban J connectivity index is 1.41. The number of methoxy groups -OCH3 is 1. The summed E-state index contributed by atoms with van der Waals surface area (Å²) in [5.41, 5.74) is -6.49. The van der Waals surface area contributed by atoms with Crippen LogP contribution in [0.15, 0.2) is 36.5 Å². The first-order valence-corrected chi connectivity index (χ1v) is 20.9. The van der Waals surface area contributed by atoms with Crippen molar-refractivity contribution in [3.8, 4) is 11.6 Å². The highest BCUT2D eigenvalue weighted by molar-refractivity contribution is 7.90. The van der Waals surface area contributed by atoms with Gasteiger partial charge in [0, 0.05) is 26.5 Å². The molecule has 2 amide bonds. The number of allylic oxidation sites excluding steroid dienone is 2. The van der Waals surface area contributed by atoms with Gasteiger partial charge in [0.05, 0.1) is 54.3 Å². The summed E-state index contributed by atoms with van der Waals surface area (Å²) in [7, 11) is -2.67. The number of alkyl halides is 3. The lowest BCUT2D eigenvalue weighted by molar-refractivity contribution is -0.257. The number of aromatic nitrogens is 1. The number of hydrogen-bond acceptors (Lipinski definition) is 10. The molecule has 2 aliphatic heterocycles. The summed E-state index contributed by atoms with van der Waals surface area (Å²) in [6.07, 6.45) is -2.28. The Labute approximate surface area is 343 Å². The molecule has 1 aromatic carbocycles. The van der Waals surface area contributed by atoms with E-state index >= 15 is 4.79 Å². The van der Waals surface area contributed by atoms with Crippen LogP contribution in [0.5, 0.6) is 11.6 Å². The number of amides is 2. The lowest BCUT2D eigenvalue weighted by Crippen LogP contribution is -2.48. The predicted octanol–water partition coefficient (Wildman–Crippen LogP) is 6.60. The summed E-state index contributed by atoms with van der Waals surface area (Å²) in [4.78, 5) is 62.8. The Morgan fingerprint density at radius 2 is 1.86 bits per heavy atom. The van der Waals surface area contributed by atoms with Crippen LogP contribution in [0.4, 0.5) is 17.6 Å². The number of carbonyl (C=O) groups excluding carboxylic acids is 4. The van der Waals surface area contributed by atoms with Crippen LogP contribution in [-0.4, -0.2) is 84.7 Å². The van der Waals surface area contributed by atoms with E-state index in [-0.39, 0.29) is 48.6 Å². The zero-order valence-corrected chi connectivity index (χ0v) is 33.1. The van der Waals surface area contributed by atoms with Crippen molar-refractivity contribution in [3.05, 3.63) is 42.4 Å². The van der Waals surface area contributed by atoms with Gasteiger partial charge >= 0.3 is 12.1 Å². The average Bonchev–Trinajstić information content (AvgIpc) is 4.12. The third-order valence-electron chi connectivity index (χ3n) is 11.8. The van der Waals surface area contributed by atoms with Crippen LogP contribution in [0.25, 0.3) is 10.8 Å². The molecule has 2 aromatic rings. The van der Waals surface area contributed by atoms with E-state index in [4.69, 9.17) is 17.7 Å². The largest absolute Gasteiger partial charge is 0.494 e. The van der Waals surface area contributed by atoms with Crippen LogP contribution in [0.3, 0.4) is 0 Å². The van der Waals surface area contributed by atoms with E-state index in [1.54, 1.807) is 19.1 Å². The van der Waals surface area contributed by atoms with Gasteiger partial charge in [-0.15, -0.1) is 0 Å². The molecule has 1 saturated heterocycles. The van der Waals surface area contributed by atoms with Gasteiger partial charge in [-0.2, -0.15) is 13.2 Å². The minimum atomic E-state index is -6.13. The fourth-order valence-electron chi connectivity index (χ4n) is 8.27. The summed E-state index contributed by atoms with van der Waals surface area (Å²) >= 11 is 0. The highest BCUT2D eigenvalue weighted by Gasteiger charge is 2.62. The van der Waals surface area contributed by atoms with Crippen molar-refractivity contribution in [2.45, 2.75) is 121 Å². The molecule has 3 fully saturated rings. The molecule has 3 heterocycles. The van der Waals surface area contributed by atoms with Crippen molar-refractivity contribution < 1.29 is 67.6 Å². The van der Waals surface area contributed by atoms with Gasteiger partial charge in [0.15, 0.2) is 5.78 Å². The van der Waals surface area contributed by atoms with Crippen molar-refractivity contribution in [3.63, 3.8) is 0 Å². The molecule has 1 N–H and O–H groups in total. The van der Waals surface area contributed by atoms with E-state index in [1.165, 1.54) is 25.4 Å². The topological polar surface area (TPSA) is 158 Å². The molecule has 0 bridgehead atoms. The number of carbonyl (C=O) groups is 4. The maximum absolute atomic E-state index is 15.1. The number of ether oxygens (including phenoxy) is 3. The molecule has 12 nitrogen and oxygen atoms in total. The summed E-state index contributed by atoms with van der Waals surface area (Å²) in [5.74, 6) is -8.14. The number of benzene rings is 1. The standard InChI is InChI=1S/C41H51F4N3O9S/c1-6-24-15-23(2)9-7-8-10-25-19-40(25,38(52)47-58(53,54)28-12-13-28)20-33(49)32-17-27(56-36-31-16-26(42)11-14-29(31)34(55-5)21-46-36)22-48(32)37(51)30(24)18-35(50)57-39(3,4)41(43,44)45/h8,10-11,14,16,21,23-25,27-28,30,32H,6-7,9,12-13,15,17-20,22H2,1-5H3,(H,47,52)/b10-8-/t23-,24-,25-,27-,30+,32+,40-/m1/s1/i3D3,4D3. The third kappa shape index (κ3) is 9.13. The Morgan fingerprint density at radius 3 is 2.52 bits per heavy atom. The molecule has 2 saturated carbocycles. The Kier molecular flexibility index (Phi) is 10.1. The predicted molar refractivity (Wildman–Crippen MR) is 203 cm³/mol. The number of fused-ring (bicyclic) bond motifs is 3. The summed E-state index contributed by atoms with van der Waals surface area (Å²) in [5, 5.41) is -0.190. The van der Waals surface area contributed by atoms with E-state index in [9.17, 15) is 40.4 Å². The van der Waals surface area contributed by atoms with E-state index in [0.717, 1.165) is 11.0 Å². The molecule has 1 aromatic heterocycles. The number of halogens is 4. The number of pyridine rings is 1. The second kappa shape index (κ2) is 16.4. The fourth-order valence-corrected chi connectivity index (χ4v) is 9.66. The first kappa shape index (κ1) is 35.6. The maximum atomic E-state index is 15.1. The SMILES string of the molecule is [2H]C([2H])([2H])C(OC(=O)C[C@@H]1C(=O)N2C[C@H](Oc3ncc(OC)c4ccc(F)cc34)C[C@H]2C(=O)C[C@]2(C(=O)NS(=O)(=O)C3CC3)C[C@H]2/C=C\CC[C@@H](C)C[C@H]1CC)(C([2H])([2H])[2H])C(F)(F)F. The highest BCUT2D eigenvalue weighted by Crippen LogP contribution is 2.57. The number of esters is 1. The molecule has 7 atom stereocenters. The van der Waals surface area contributed by atoms with Gasteiger partial charge in [0.1, 0.15) is 17.7 Å². The molecule has 0 unspecified atom stereocenters. The lowest BCUT2D eigenvalue weighted by atomic mass is 9.79. The first-order chi connectivity index (χ1) is 29.7. The van der Waals surface area contributed by atoms with E-state index < -0.39 is 125 Å². The summed E-state index contributed by atoms with van der Waals surface area (Å²) in [6.45, 7) is -5.79. The van der Waals surface area contributed by atoms with E-state index in [2.05, 4.69) is 14.4 Å². The van der Waals surface area contributed by atoms with Crippen molar-refractivity contribution in [2.75, 3.05) is 13.7 Å². The van der Waals surface area contributed by atoms with E-state index in [1.807, 2.05) is 6.92 Å². The quantitative estimate of drug-likeness (QED) is 0.157. The van der Waals surface area contributed by atoms with Gasteiger partial charge in [0.25, 0.3) is 0 Å². The van der Waals surface area contributed by atoms with Crippen LogP contribution < -0.4 is 14.2 Å². The molecule has 17 heteroatoms.